The maximum Gasteiger partial charge on any atom is 0.508 e. The maximum atomic E-state index is 13.9. The molecule has 3 fully saturated rings. The highest BCUT2D eigenvalue weighted by Crippen LogP contribution is 2.65. The van der Waals surface area contributed by atoms with Crippen LogP contribution in [0.15, 0.2) is 23.0 Å². The van der Waals surface area contributed by atoms with E-state index in [1.807, 2.05) is 13.8 Å². The Morgan fingerprint density at radius 3 is 2.61 bits per heavy atom. The van der Waals surface area contributed by atoms with E-state index in [2.05, 4.69) is 0 Å². The van der Waals surface area contributed by atoms with Crippen molar-refractivity contribution in [3.63, 3.8) is 0 Å². The van der Waals surface area contributed by atoms with Crippen LogP contribution >= 0.6 is 0 Å². The van der Waals surface area contributed by atoms with E-state index in [9.17, 15) is 19.2 Å². The summed E-state index contributed by atoms with van der Waals surface area (Å²) in [7, 11) is 1.30. The number of hydrogen-bond donors (Lipinski definition) is 0. The van der Waals surface area contributed by atoms with Crippen molar-refractivity contribution in [2.45, 2.75) is 58.7 Å². The Bertz CT molecular complexity index is 938. The van der Waals surface area contributed by atoms with Gasteiger partial charge in [-0.15, -0.1) is 0 Å². The third kappa shape index (κ3) is 3.71. The van der Waals surface area contributed by atoms with Crippen LogP contribution < -0.4 is 0 Å². The van der Waals surface area contributed by atoms with Crippen molar-refractivity contribution < 1.29 is 42.5 Å². The fourth-order valence-electron chi connectivity index (χ4n) is 6.53. The van der Waals surface area contributed by atoms with Gasteiger partial charge in [0.2, 0.25) is 0 Å². The number of methoxy groups -OCH3 is 1. The number of carbonyl (C=O) groups is 4. The minimum atomic E-state index is -1.16. The predicted molar refractivity (Wildman–Crippen MR) is 112 cm³/mol. The number of ketones is 1. The summed E-state index contributed by atoms with van der Waals surface area (Å²) in [5.41, 5.74) is -0.866. The normalized spacial score (nSPS) is 37.9. The topological polar surface area (TPSA) is 118 Å². The first-order valence-corrected chi connectivity index (χ1v) is 11.3. The largest absolute Gasteiger partial charge is 0.508 e. The number of rotatable bonds is 4. The van der Waals surface area contributed by atoms with Crippen LogP contribution in [0.2, 0.25) is 0 Å². The van der Waals surface area contributed by atoms with E-state index < -0.39 is 52.9 Å². The van der Waals surface area contributed by atoms with Gasteiger partial charge in [0, 0.05) is 17.9 Å². The van der Waals surface area contributed by atoms with Gasteiger partial charge in [-0.05, 0) is 43.1 Å². The predicted octanol–water partition coefficient (Wildman–Crippen LogP) is 3.61. The molecule has 0 N–H and O–H groups in total. The molecular formula is C24H30O9. The van der Waals surface area contributed by atoms with Gasteiger partial charge in [-0.25, -0.2) is 4.79 Å². The van der Waals surface area contributed by atoms with Gasteiger partial charge in [0.25, 0.3) is 0 Å². The number of cyclic esters (lactones) is 1. The first kappa shape index (κ1) is 23.3. The molecule has 0 unspecified atom stereocenters. The molecule has 1 saturated heterocycles. The van der Waals surface area contributed by atoms with Crippen LogP contribution in [0.25, 0.3) is 0 Å². The third-order valence-corrected chi connectivity index (χ3v) is 8.00. The summed E-state index contributed by atoms with van der Waals surface area (Å²) >= 11 is 0. The fraction of sp³-hybridized carbons (Fsp3) is 0.667. The third-order valence-electron chi connectivity index (χ3n) is 8.00. The quantitative estimate of drug-likeness (QED) is 0.488. The summed E-state index contributed by atoms with van der Waals surface area (Å²) in [5, 5.41) is 0. The van der Waals surface area contributed by atoms with E-state index in [0.29, 0.717) is 24.8 Å². The Labute approximate surface area is 192 Å². The highest BCUT2D eigenvalue weighted by atomic mass is 16.7. The second-order valence-electron chi connectivity index (χ2n) is 9.73. The SMILES string of the molecule is CCOC(=O)O[C@H]1C[C@@H](C(=O)OC)[C@]2(C)CC[C@H]3C(=O)O[C@H](c4ccoc4)C[C@]3(C)[C@H]2C1=O. The van der Waals surface area contributed by atoms with Crippen LogP contribution in [0.1, 0.15) is 58.1 Å². The number of ether oxygens (including phenoxy) is 4. The molecule has 0 bridgehead atoms. The van der Waals surface area contributed by atoms with E-state index in [1.54, 1.807) is 13.0 Å². The van der Waals surface area contributed by atoms with Crippen LogP contribution in [0, 0.1) is 28.6 Å². The molecule has 0 radical (unpaired) electrons. The Morgan fingerprint density at radius 1 is 1.21 bits per heavy atom. The molecular weight excluding hydrogens is 432 g/mol. The molecule has 2 heterocycles. The Morgan fingerprint density at radius 2 is 1.97 bits per heavy atom. The maximum absolute atomic E-state index is 13.9. The molecule has 180 valence electrons. The van der Waals surface area contributed by atoms with E-state index in [-0.39, 0.29) is 24.8 Å². The van der Waals surface area contributed by atoms with Crippen molar-refractivity contribution in [3.8, 4) is 0 Å². The summed E-state index contributed by atoms with van der Waals surface area (Å²) in [6.07, 6.45) is 1.71. The zero-order valence-corrected chi connectivity index (χ0v) is 19.3. The summed E-state index contributed by atoms with van der Waals surface area (Å²) in [6, 6.07) is 1.73. The lowest BCUT2D eigenvalue weighted by Crippen LogP contribution is -2.64. The lowest BCUT2D eigenvalue weighted by molar-refractivity contribution is -0.208. The van der Waals surface area contributed by atoms with Crippen LogP contribution in [0.4, 0.5) is 4.79 Å². The van der Waals surface area contributed by atoms with Crippen molar-refractivity contribution in [2.24, 2.45) is 28.6 Å². The number of esters is 2. The monoisotopic (exact) mass is 462 g/mol. The van der Waals surface area contributed by atoms with Gasteiger partial charge in [0.1, 0.15) is 6.10 Å². The summed E-state index contributed by atoms with van der Waals surface area (Å²) in [4.78, 5) is 51.9. The average Bonchev–Trinajstić information content (AvgIpc) is 3.29. The Kier molecular flexibility index (Phi) is 6.01. The van der Waals surface area contributed by atoms with Crippen molar-refractivity contribution >= 4 is 23.9 Å². The minimum Gasteiger partial charge on any atom is -0.472 e. The lowest BCUT2D eigenvalue weighted by atomic mass is 9.43. The fourth-order valence-corrected chi connectivity index (χ4v) is 6.53. The lowest BCUT2D eigenvalue weighted by Gasteiger charge is -2.60. The molecule has 0 spiro atoms. The summed E-state index contributed by atoms with van der Waals surface area (Å²) < 4.78 is 26.2. The van der Waals surface area contributed by atoms with Crippen LogP contribution in [0.5, 0.6) is 0 Å². The van der Waals surface area contributed by atoms with Crippen LogP contribution in [-0.4, -0.2) is 43.7 Å². The number of carbonyl (C=O) groups excluding carboxylic acids is 4. The molecule has 9 nitrogen and oxygen atoms in total. The molecule has 1 aliphatic heterocycles. The van der Waals surface area contributed by atoms with Gasteiger partial charge in [0.05, 0.1) is 38.1 Å². The van der Waals surface area contributed by atoms with Crippen molar-refractivity contribution in [2.75, 3.05) is 13.7 Å². The molecule has 1 aromatic heterocycles. The summed E-state index contributed by atoms with van der Waals surface area (Å²) in [6.45, 7) is 5.55. The van der Waals surface area contributed by atoms with Crippen molar-refractivity contribution in [1.82, 2.24) is 0 Å². The molecule has 2 saturated carbocycles. The molecule has 33 heavy (non-hydrogen) atoms. The first-order chi connectivity index (χ1) is 15.7. The molecule has 1 aromatic rings. The van der Waals surface area contributed by atoms with Crippen LogP contribution in [0.3, 0.4) is 0 Å². The molecule has 9 heteroatoms. The number of hydrogen-bond acceptors (Lipinski definition) is 9. The molecule has 2 aliphatic carbocycles. The van der Waals surface area contributed by atoms with Gasteiger partial charge >= 0.3 is 18.1 Å². The molecule has 4 rings (SSSR count). The van der Waals surface area contributed by atoms with Gasteiger partial charge < -0.3 is 23.4 Å². The molecule has 3 aliphatic rings. The van der Waals surface area contributed by atoms with E-state index in [4.69, 9.17) is 23.4 Å². The summed E-state index contributed by atoms with van der Waals surface area (Å²) in [5.74, 6) is -3.02. The van der Waals surface area contributed by atoms with E-state index in [1.165, 1.54) is 19.6 Å². The zero-order valence-electron chi connectivity index (χ0n) is 19.3. The molecule has 0 amide bonds. The van der Waals surface area contributed by atoms with Gasteiger partial charge in [-0.1, -0.05) is 13.8 Å². The first-order valence-electron chi connectivity index (χ1n) is 11.3. The number of furan rings is 1. The number of fused-ring (bicyclic) bond motifs is 3. The molecule has 7 atom stereocenters. The van der Waals surface area contributed by atoms with Crippen molar-refractivity contribution in [3.05, 3.63) is 24.2 Å². The number of Topliss-reactive ketones (excluding diaryl/α,β-unsaturated/α-hetero) is 1. The smallest absolute Gasteiger partial charge is 0.472 e. The Balaban J connectivity index is 1.76. The Hall–Kier alpha value is -2.84. The standard InChI is InChI=1S/C24H30O9/c1-5-31-22(28)33-16-10-15(20(26)29-4)23(2)8-6-14-21(27)32-17(13-7-9-30-12-13)11-24(14,3)19(23)18(16)25/h7,9,12,14-17,19H,5-6,8,10-11H2,1-4H3/t14-,15-,16-,17-,19-,23-,24-/m0/s1. The van der Waals surface area contributed by atoms with Crippen molar-refractivity contribution in [1.29, 1.82) is 0 Å². The second kappa shape index (κ2) is 8.50. The van der Waals surface area contributed by atoms with E-state index >= 15 is 0 Å². The minimum absolute atomic E-state index is 0.0215. The zero-order chi connectivity index (χ0) is 24.0. The molecule has 0 aromatic carbocycles. The highest BCUT2D eigenvalue weighted by Gasteiger charge is 2.67. The van der Waals surface area contributed by atoms with Gasteiger partial charge in [-0.2, -0.15) is 0 Å². The van der Waals surface area contributed by atoms with E-state index in [0.717, 1.165) is 0 Å². The van der Waals surface area contributed by atoms with Crippen LogP contribution in [-0.2, 0) is 33.3 Å². The highest BCUT2D eigenvalue weighted by molar-refractivity contribution is 5.93. The van der Waals surface area contributed by atoms with Gasteiger partial charge in [-0.3, -0.25) is 14.4 Å². The second-order valence-corrected chi connectivity index (χ2v) is 9.73. The average molecular weight is 462 g/mol. The van der Waals surface area contributed by atoms with Gasteiger partial charge in [0.15, 0.2) is 11.9 Å².